The van der Waals surface area contributed by atoms with Gasteiger partial charge in [-0.05, 0) is 37.1 Å². The van der Waals surface area contributed by atoms with Crippen LogP contribution in [0.1, 0.15) is 12.0 Å². The van der Waals surface area contributed by atoms with Gasteiger partial charge in [-0.15, -0.1) is 0 Å². The molecule has 8 nitrogen and oxygen atoms in total. The normalized spacial score (nSPS) is 13.9. The van der Waals surface area contributed by atoms with Crippen LogP contribution in [0.15, 0.2) is 52.5 Å². The second-order valence-electron chi connectivity index (χ2n) is 6.65. The molecule has 29 heavy (non-hydrogen) atoms. The highest BCUT2D eigenvalue weighted by Gasteiger charge is 2.27. The van der Waals surface area contributed by atoms with Crippen molar-refractivity contribution in [3.63, 3.8) is 0 Å². The lowest BCUT2D eigenvalue weighted by atomic mass is 10.2. The molecule has 0 unspecified atom stereocenters. The van der Waals surface area contributed by atoms with Crippen molar-refractivity contribution in [1.29, 1.82) is 0 Å². The van der Waals surface area contributed by atoms with E-state index in [9.17, 15) is 14.4 Å². The number of hydrogen-bond acceptors (Lipinski definition) is 6. The summed E-state index contributed by atoms with van der Waals surface area (Å²) in [6.45, 7) is 2.32. The largest absolute Gasteiger partial charge is 0.329 e. The second kappa shape index (κ2) is 8.04. The third kappa shape index (κ3) is 3.86. The van der Waals surface area contributed by atoms with Gasteiger partial charge in [0.15, 0.2) is 5.16 Å². The highest BCUT2D eigenvalue weighted by molar-refractivity contribution is 7.99. The molecule has 1 fully saturated rings. The molecular weight excluding hydrogens is 390 g/mol. The lowest BCUT2D eigenvalue weighted by Crippen LogP contribution is -2.32. The van der Waals surface area contributed by atoms with Crippen LogP contribution in [-0.2, 0) is 4.79 Å². The van der Waals surface area contributed by atoms with Gasteiger partial charge in [-0.25, -0.2) is 19.3 Å². The van der Waals surface area contributed by atoms with Gasteiger partial charge in [0.2, 0.25) is 5.91 Å². The van der Waals surface area contributed by atoms with Gasteiger partial charge < -0.3 is 5.32 Å². The fourth-order valence-corrected chi connectivity index (χ4v) is 4.00. The smallest absolute Gasteiger partial charge is 0.324 e. The molecule has 1 aromatic carbocycles. The zero-order valence-electron chi connectivity index (χ0n) is 15.8. The predicted octanol–water partition coefficient (Wildman–Crippen LogP) is 2.12. The Labute approximate surface area is 171 Å². The minimum Gasteiger partial charge on any atom is -0.329 e. The molecule has 9 heteroatoms. The summed E-state index contributed by atoms with van der Waals surface area (Å²) < 4.78 is 1.51. The number of fused-ring (bicyclic) bond motifs is 1. The number of para-hydroxylation sites is 1. The predicted molar refractivity (Wildman–Crippen MR) is 110 cm³/mol. The molecule has 3 aromatic rings. The summed E-state index contributed by atoms with van der Waals surface area (Å²) in [4.78, 5) is 46.7. The maximum Gasteiger partial charge on any atom is 0.324 e. The first-order chi connectivity index (χ1) is 14.0. The SMILES string of the molecule is Cc1ccc(-n2c(SCCCN3C(=O)CNC3=O)nc3ccccc3c2=O)nc1. The maximum absolute atomic E-state index is 13.1. The molecule has 1 aliphatic heterocycles. The molecule has 0 atom stereocenters. The standard InChI is InChI=1S/C20H19N5O3S/c1-13-7-8-16(21-11-13)25-18(27)14-5-2-3-6-15(14)23-20(25)29-10-4-9-24-17(26)12-22-19(24)28/h2-3,5-8,11H,4,9-10,12H2,1H3,(H,22,28). The van der Waals surface area contributed by atoms with Crippen LogP contribution in [0.3, 0.4) is 0 Å². The Morgan fingerprint density at radius 2 is 1.97 bits per heavy atom. The number of benzene rings is 1. The maximum atomic E-state index is 13.1. The summed E-state index contributed by atoms with van der Waals surface area (Å²) in [7, 11) is 0. The summed E-state index contributed by atoms with van der Waals surface area (Å²) in [5.74, 6) is 0.883. The van der Waals surface area contributed by atoms with Crippen molar-refractivity contribution < 1.29 is 9.59 Å². The molecule has 0 spiro atoms. The number of pyridine rings is 1. The van der Waals surface area contributed by atoms with Crippen LogP contribution in [0.5, 0.6) is 0 Å². The van der Waals surface area contributed by atoms with E-state index in [1.807, 2.05) is 25.1 Å². The molecule has 148 valence electrons. The topological polar surface area (TPSA) is 97.2 Å². The van der Waals surface area contributed by atoms with Gasteiger partial charge in [0, 0.05) is 18.5 Å². The number of carbonyl (C=O) groups is 2. The minimum absolute atomic E-state index is 0.0524. The molecule has 0 saturated carbocycles. The van der Waals surface area contributed by atoms with E-state index in [0.717, 1.165) is 5.56 Å². The Balaban J connectivity index is 1.61. The molecule has 1 saturated heterocycles. The summed E-state index contributed by atoms with van der Waals surface area (Å²) in [5, 5.41) is 3.56. The van der Waals surface area contributed by atoms with Crippen molar-refractivity contribution in [1.82, 2.24) is 24.8 Å². The Bertz CT molecular complexity index is 1130. The number of amides is 3. The molecule has 0 bridgehead atoms. The van der Waals surface area contributed by atoms with Crippen LogP contribution in [-0.4, -0.2) is 50.2 Å². The highest BCUT2D eigenvalue weighted by atomic mass is 32.2. The summed E-state index contributed by atoms with van der Waals surface area (Å²) >= 11 is 1.40. The number of nitrogens with zero attached hydrogens (tertiary/aromatic N) is 4. The van der Waals surface area contributed by atoms with Crippen LogP contribution >= 0.6 is 11.8 Å². The van der Waals surface area contributed by atoms with Gasteiger partial charge in [0.05, 0.1) is 17.4 Å². The number of urea groups is 1. The zero-order chi connectivity index (χ0) is 20.4. The fraction of sp³-hybridized carbons (Fsp3) is 0.250. The van der Waals surface area contributed by atoms with E-state index in [0.29, 0.717) is 40.6 Å². The molecule has 0 radical (unpaired) electrons. The lowest BCUT2D eigenvalue weighted by Gasteiger charge is -2.14. The number of aryl methyl sites for hydroxylation is 1. The average Bonchev–Trinajstić information content (AvgIpc) is 3.04. The van der Waals surface area contributed by atoms with E-state index in [1.54, 1.807) is 24.4 Å². The summed E-state index contributed by atoms with van der Waals surface area (Å²) in [6.07, 6.45) is 2.30. The first-order valence-corrected chi connectivity index (χ1v) is 10.2. The molecule has 4 rings (SSSR count). The van der Waals surface area contributed by atoms with Gasteiger partial charge in [0.1, 0.15) is 5.82 Å². The van der Waals surface area contributed by atoms with E-state index in [1.165, 1.54) is 21.2 Å². The Morgan fingerprint density at radius 3 is 2.69 bits per heavy atom. The van der Waals surface area contributed by atoms with Crippen LogP contribution in [0.25, 0.3) is 16.7 Å². The molecule has 3 amide bonds. The monoisotopic (exact) mass is 409 g/mol. The van der Waals surface area contributed by atoms with Crippen molar-refractivity contribution in [3.8, 4) is 5.82 Å². The quantitative estimate of drug-likeness (QED) is 0.290. The van der Waals surface area contributed by atoms with Gasteiger partial charge in [-0.1, -0.05) is 30.0 Å². The summed E-state index contributed by atoms with van der Waals surface area (Å²) in [6, 6.07) is 10.5. The Kier molecular flexibility index (Phi) is 5.30. The third-order valence-corrected chi connectivity index (χ3v) is 5.59. The van der Waals surface area contributed by atoms with Crippen molar-refractivity contribution in [3.05, 3.63) is 58.5 Å². The first kappa shape index (κ1) is 19.1. The minimum atomic E-state index is -0.357. The van der Waals surface area contributed by atoms with Gasteiger partial charge in [0.25, 0.3) is 5.56 Å². The van der Waals surface area contributed by atoms with E-state index in [4.69, 9.17) is 0 Å². The van der Waals surface area contributed by atoms with Crippen molar-refractivity contribution in [2.45, 2.75) is 18.5 Å². The number of thioether (sulfide) groups is 1. The van der Waals surface area contributed by atoms with Gasteiger partial charge in [-0.2, -0.15) is 0 Å². The number of rotatable bonds is 6. The number of aromatic nitrogens is 3. The van der Waals surface area contributed by atoms with Crippen LogP contribution in [0.4, 0.5) is 4.79 Å². The van der Waals surface area contributed by atoms with Crippen LogP contribution in [0, 0.1) is 6.92 Å². The lowest BCUT2D eigenvalue weighted by molar-refractivity contribution is -0.124. The second-order valence-corrected chi connectivity index (χ2v) is 7.71. The van der Waals surface area contributed by atoms with E-state index in [2.05, 4.69) is 15.3 Å². The van der Waals surface area contributed by atoms with Crippen LogP contribution < -0.4 is 10.9 Å². The van der Waals surface area contributed by atoms with Crippen molar-refractivity contribution in [2.24, 2.45) is 0 Å². The number of imide groups is 1. The number of hydrogen-bond donors (Lipinski definition) is 1. The third-order valence-electron chi connectivity index (χ3n) is 4.56. The van der Waals surface area contributed by atoms with Crippen molar-refractivity contribution in [2.75, 3.05) is 18.8 Å². The fourth-order valence-electron chi connectivity index (χ4n) is 3.07. The molecule has 0 aliphatic carbocycles. The molecule has 1 N–H and O–H groups in total. The first-order valence-electron chi connectivity index (χ1n) is 9.20. The molecule has 3 heterocycles. The van der Waals surface area contributed by atoms with Crippen molar-refractivity contribution >= 4 is 34.6 Å². The molecule has 2 aromatic heterocycles. The van der Waals surface area contributed by atoms with Gasteiger partial charge in [-0.3, -0.25) is 14.5 Å². The van der Waals surface area contributed by atoms with E-state index in [-0.39, 0.29) is 24.0 Å². The highest BCUT2D eigenvalue weighted by Crippen LogP contribution is 2.21. The van der Waals surface area contributed by atoms with E-state index < -0.39 is 0 Å². The molecule has 1 aliphatic rings. The summed E-state index contributed by atoms with van der Waals surface area (Å²) in [5.41, 5.74) is 1.44. The number of carbonyl (C=O) groups excluding carboxylic acids is 2. The zero-order valence-corrected chi connectivity index (χ0v) is 16.6. The van der Waals surface area contributed by atoms with E-state index >= 15 is 0 Å². The number of nitrogens with one attached hydrogen (secondary N) is 1. The Morgan fingerprint density at radius 1 is 1.14 bits per heavy atom. The molecular formula is C20H19N5O3S. The Hall–Kier alpha value is -3.20. The average molecular weight is 409 g/mol. The van der Waals surface area contributed by atoms with Crippen LogP contribution in [0.2, 0.25) is 0 Å². The van der Waals surface area contributed by atoms with Gasteiger partial charge >= 0.3 is 6.03 Å².